The number of rotatable bonds is 4. The van der Waals surface area contributed by atoms with Crippen molar-refractivity contribution < 1.29 is 0 Å². The van der Waals surface area contributed by atoms with Crippen LogP contribution in [0, 0.1) is 0 Å². The molecular formula is C14H21NS. The SMILES string of the molecule is CC(Cc1ccccc1)NC1CSC(C)C1. The Morgan fingerprint density at radius 2 is 2.12 bits per heavy atom. The van der Waals surface area contributed by atoms with E-state index in [1.807, 2.05) is 0 Å². The molecule has 2 rings (SSSR count). The molecule has 1 aliphatic heterocycles. The fraction of sp³-hybridized carbons (Fsp3) is 0.571. The lowest BCUT2D eigenvalue weighted by Crippen LogP contribution is -2.37. The minimum absolute atomic E-state index is 0.582. The number of hydrogen-bond acceptors (Lipinski definition) is 2. The van der Waals surface area contributed by atoms with Crippen LogP contribution in [0.1, 0.15) is 25.8 Å². The summed E-state index contributed by atoms with van der Waals surface area (Å²) in [5, 5.41) is 4.57. The minimum Gasteiger partial charge on any atom is -0.310 e. The Hall–Kier alpha value is -0.470. The highest BCUT2D eigenvalue weighted by Crippen LogP contribution is 2.26. The average Bonchev–Trinajstić information content (AvgIpc) is 2.65. The molecule has 0 aliphatic carbocycles. The molecule has 0 spiro atoms. The fourth-order valence-corrected chi connectivity index (χ4v) is 3.52. The Kier molecular flexibility index (Phi) is 4.30. The molecule has 1 N–H and O–H groups in total. The molecule has 2 heteroatoms. The normalized spacial score (nSPS) is 26.9. The van der Waals surface area contributed by atoms with Gasteiger partial charge in [0.1, 0.15) is 0 Å². The quantitative estimate of drug-likeness (QED) is 0.860. The van der Waals surface area contributed by atoms with E-state index in [0.29, 0.717) is 6.04 Å². The van der Waals surface area contributed by atoms with E-state index in [4.69, 9.17) is 0 Å². The third-order valence-electron chi connectivity index (χ3n) is 3.10. The third kappa shape index (κ3) is 3.53. The first kappa shape index (κ1) is 12.0. The summed E-state index contributed by atoms with van der Waals surface area (Å²) >= 11 is 2.09. The van der Waals surface area contributed by atoms with Crippen LogP contribution in [0.3, 0.4) is 0 Å². The van der Waals surface area contributed by atoms with Crippen LogP contribution in [0.4, 0.5) is 0 Å². The van der Waals surface area contributed by atoms with Crippen LogP contribution < -0.4 is 5.32 Å². The predicted octanol–water partition coefficient (Wildman–Crippen LogP) is 3.10. The van der Waals surface area contributed by atoms with E-state index >= 15 is 0 Å². The highest BCUT2D eigenvalue weighted by atomic mass is 32.2. The zero-order chi connectivity index (χ0) is 11.4. The second kappa shape index (κ2) is 5.74. The minimum atomic E-state index is 0.582. The summed E-state index contributed by atoms with van der Waals surface area (Å²) in [7, 11) is 0. The van der Waals surface area contributed by atoms with E-state index in [0.717, 1.165) is 17.7 Å². The molecular weight excluding hydrogens is 214 g/mol. The van der Waals surface area contributed by atoms with Gasteiger partial charge in [0.05, 0.1) is 0 Å². The molecule has 0 bridgehead atoms. The molecule has 3 unspecified atom stereocenters. The lowest BCUT2D eigenvalue weighted by molar-refractivity contribution is 0.460. The zero-order valence-electron chi connectivity index (χ0n) is 10.1. The number of hydrogen-bond donors (Lipinski definition) is 1. The Balaban J connectivity index is 1.78. The number of thioether (sulfide) groups is 1. The molecule has 0 saturated carbocycles. The van der Waals surface area contributed by atoms with Crippen LogP contribution in [-0.2, 0) is 6.42 Å². The number of nitrogens with one attached hydrogen (secondary N) is 1. The van der Waals surface area contributed by atoms with Gasteiger partial charge in [0.2, 0.25) is 0 Å². The smallest absolute Gasteiger partial charge is 0.0171 e. The van der Waals surface area contributed by atoms with Crippen molar-refractivity contribution in [3.8, 4) is 0 Å². The summed E-state index contributed by atoms with van der Waals surface area (Å²) in [4.78, 5) is 0. The maximum atomic E-state index is 3.74. The van der Waals surface area contributed by atoms with Gasteiger partial charge in [-0.15, -0.1) is 0 Å². The van der Waals surface area contributed by atoms with Crippen molar-refractivity contribution >= 4 is 11.8 Å². The van der Waals surface area contributed by atoms with Crippen LogP contribution in [0.5, 0.6) is 0 Å². The Labute approximate surface area is 103 Å². The van der Waals surface area contributed by atoms with Gasteiger partial charge in [-0.3, -0.25) is 0 Å². The molecule has 0 aromatic heterocycles. The molecule has 0 radical (unpaired) electrons. The molecule has 1 nitrogen and oxygen atoms in total. The maximum Gasteiger partial charge on any atom is 0.0171 e. The third-order valence-corrected chi connectivity index (χ3v) is 4.46. The summed E-state index contributed by atoms with van der Waals surface area (Å²) in [5.41, 5.74) is 1.43. The first-order chi connectivity index (χ1) is 7.74. The lowest BCUT2D eigenvalue weighted by atomic mass is 10.1. The zero-order valence-corrected chi connectivity index (χ0v) is 11.0. The van der Waals surface area contributed by atoms with Crippen LogP contribution in [0.15, 0.2) is 30.3 Å². The van der Waals surface area contributed by atoms with Gasteiger partial charge < -0.3 is 5.32 Å². The van der Waals surface area contributed by atoms with E-state index < -0.39 is 0 Å². The summed E-state index contributed by atoms with van der Waals surface area (Å²) in [6.45, 7) is 4.62. The van der Waals surface area contributed by atoms with Gasteiger partial charge in [-0.25, -0.2) is 0 Å². The van der Waals surface area contributed by atoms with E-state index in [-0.39, 0.29) is 0 Å². The largest absolute Gasteiger partial charge is 0.310 e. The first-order valence-electron chi connectivity index (χ1n) is 6.15. The van der Waals surface area contributed by atoms with Crippen molar-refractivity contribution in [2.24, 2.45) is 0 Å². The number of benzene rings is 1. The fourth-order valence-electron chi connectivity index (χ4n) is 2.36. The van der Waals surface area contributed by atoms with E-state index in [1.54, 1.807) is 0 Å². The summed E-state index contributed by atoms with van der Waals surface area (Å²) in [6, 6.07) is 12.0. The molecule has 1 aromatic rings. The standard InChI is InChI=1S/C14H21NS/c1-11(8-13-6-4-3-5-7-13)15-14-9-12(2)16-10-14/h3-7,11-12,14-15H,8-10H2,1-2H3. The van der Waals surface area contributed by atoms with Gasteiger partial charge >= 0.3 is 0 Å². The van der Waals surface area contributed by atoms with Gasteiger partial charge in [-0.05, 0) is 25.3 Å². The maximum absolute atomic E-state index is 3.74. The highest BCUT2D eigenvalue weighted by molar-refractivity contribution is 8.00. The van der Waals surface area contributed by atoms with Gasteiger partial charge in [-0.1, -0.05) is 37.3 Å². The lowest BCUT2D eigenvalue weighted by Gasteiger charge is -2.19. The van der Waals surface area contributed by atoms with Gasteiger partial charge in [0.15, 0.2) is 0 Å². The Morgan fingerprint density at radius 3 is 2.75 bits per heavy atom. The average molecular weight is 235 g/mol. The molecule has 3 atom stereocenters. The monoisotopic (exact) mass is 235 g/mol. The van der Waals surface area contributed by atoms with Crippen molar-refractivity contribution in [2.45, 2.75) is 44.0 Å². The van der Waals surface area contributed by atoms with Crippen LogP contribution in [-0.4, -0.2) is 23.1 Å². The summed E-state index contributed by atoms with van der Waals surface area (Å²) < 4.78 is 0. The second-order valence-electron chi connectivity index (χ2n) is 4.83. The van der Waals surface area contributed by atoms with Crippen molar-refractivity contribution in [3.63, 3.8) is 0 Å². The Morgan fingerprint density at radius 1 is 1.38 bits per heavy atom. The first-order valence-corrected chi connectivity index (χ1v) is 7.20. The topological polar surface area (TPSA) is 12.0 Å². The molecule has 16 heavy (non-hydrogen) atoms. The van der Waals surface area contributed by atoms with Crippen LogP contribution in [0.25, 0.3) is 0 Å². The van der Waals surface area contributed by atoms with Gasteiger partial charge in [0, 0.05) is 23.1 Å². The van der Waals surface area contributed by atoms with Crippen molar-refractivity contribution in [3.05, 3.63) is 35.9 Å². The van der Waals surface area contributed by atoms with E-state index in [9.17, 15) is 0 Å². The molecule has 1 heterocycles. The molecule has 0 amide bonds. The summed E-state index contributed by atoms with van der Waals surface area (Å²) in [6.07, 6.45) is 2.46. The molecule has 1 saturated heterocycles. The van der Waals surface area contributed by atoms with E-state index in [1.165, 1.54) is 17.7 Å². The highest BCUT2D eigenvalue weighted by Gasteiger charge is 2.22. The van der Waals surface area contributed by atoms with E-state index in [2.05, 4.69) is 61.3 Å². The van der Waals surface area contributed by atoms with Crippen molar-refractivity contribution in [1.29, 1.82) is 0 Å². The van der Waals surface area contributed by atoms with Gasteiger partial charge in [0.25, 0.3) is 0 Å². The summed E-state index contributed by atoms with van der Waals surface area (Å²) in [5.74, 6) is 1.28. The van der Waals surface area contributed by atoms with Crippen molar-refractivity contribution in [1.82, 2.24) is 5.32 Å². The molecule has 1 aliphatic rings. The second-order valence-corrected chi connectivity index (χ2v) is 6.31. The Bertz CT molecular complexity index is 312. The van der Waals surface area contributed by atoms with Crippen LogP contribution >= 0.6 is 11.8 Å². The van der Waals surface area contributed by atoms with Crippen molar-refractivity contribution in [2.75, 3.05) is 5.75 Å². The predicted molar refractivity (Wildman–Crippen MR) is 73.1 cm³/mol. The van der Waals surface area contributed by atoms with Crippen LogP contribution in [0.2, 0.25) is 0 Å². The molecule has 88 valence electrons. The molecule has 1 fully saturated rings. The molecule has 1 aromatic carbocycles. The van der Waals surface area contributed by atoms with Gasteiger partial charge in [-0.2, -0.15) is 11.8 Å².